The third kappa shape index (κ3) is 1.96. The molecule has 0 spiro atoms. The summed E-state index contributed by atoms with van der Waals surface area (Å²) in [7, 11) is 0. The Morgan fingerprint density at radius 3 is 2.24 bits per heavy atom. The summed E-state index contributed by atoms with van der Waals surface area (Å²) in [6.07, 6.45) is 0. The van der Waals surface area contributed by atoms with Gasteiger partial charge in [0.15, 0.2) is 0 Å². The first-order valence-corrected chi connectivity index (χ1v) is 8.93. The van der Waals surface area contributed by atoms with E-state index in [0.717, 1.165) is 0 Å². The monoisotopic (exact) mass is 323 g/mol. The van der Waals surface area contributed by atoms with Gasteiger partial charge in [-0.15, -0.1) is 0 Å². The number of hydrogen-bond acceptors (Lipinski definition) is 0. The summed E-state index contributed by atoms with van der Waals surface area (Å²) in [5, 5.41) is 1.35. The fourth-order valence-corrected chi connectivity index (χ4v) is 4.43. The number of para-hydroxylation sites is 1. The molecule has 1 nitrogen and oxygen atoms in total. The minimum absolute atomic E-state index is 0.307. The lowest BCUT2D eigenvalue weighted by Crippen LogP contribution is -2.02. The Hall–Kier alpha value is -2.80. The van der Waals surface area contributed by atoms with Gasteiger partial charge >= 0.3 is 0 Å². The largest absolute Gasteiger partial charge is 0.354 e. The molecule has 25 heavy (non-hydrogen) atoms. The molecule has 4 aromatic rings. The molecule has 1 unspecified atom stereocenters. The van der Waals surface area contributed by atoms with Crippen LogP contribution in [0.25, 0.3) is 22.2 Å². The van der Waals surface area contributed by atoms with Crippen LogP contribution >= 0.6 is 0 Å². The molecule has 1 aromatic heterocycles. The summed E-state index contributed by atoms with van der Waals surface area (Å²) < 4.78 is 0. The van der Waals surface area contributed by atoms with E-state index in [1.165, 1.54) is 55.5 Å². The van der Waals surface area contributed by atoms with Crippen molar-refractivity contribution in [2.24, 2.45) is 0 Å². The van der Waals surface area contributed by atoms with E-state index in [2.05, 4.69) is 86.4 Å². The number of aromatic nitrogens is 1. The third-order valence-corrected chi connectivity index (χ3v) is 5.66. The molecule has 0 aliphatic heterocycles. The van der Waals surface area contributed by atoms with Crippen LogP contribution in [-0.2, 0) is 0 Å². The van der Waals surface area contributed by atoms with Crippen LogP contribution < -0.4 is 0 Å². The third-order valence-electron chi connectivity index (χ3n) is 5.66. The van der Waals surface area contributed by atoms with Gasteiger partial charge in [0.25, 0.3) is 0 Å². The van der Waals surface area contributed by atoms with Gasteiger partial charge in [-0.1, -0.05) is 60.2 Å². The standard InChI is InChI=1S/C24H21N/c1-14-8-12-17(13-9-14)22-20-15(2)10-11-16(3)21(20)24-23(22)18-6-4-5-7-19(18)25-24/h4-13,22,25H,1-3H3. The average molecular weight is 323 g/mol. The van der Waals surface area contributed by atoms with Gasteiger partial charge in [-0.05, 0) is 54.7 Å². The smallest absolute Gasteiger partial charge is 0.0513 e. The molecule has 0 fully saturated rings. The molecule has 1 aliphatic carbocycles. The number of fused-ring (bicyclic) bond motifs is 5. The summed E-state index contributed by atoms with van der Waals surface area (Å²) in [6, 6.07) is 22.3. The number of H-pyrrole nitrogens is 1. The van der Waals surface area contributed by atoms with Gasteiger partial charge in [0.05, 0.1) is 5.69 Å². The van der Waals surface area contributed by atoms with Gasteiger partial charge in [0.1, 0.15) is 0 Å². The normalized spacial score (nSPS) is 15.4. The van der Waals surface area contributed by atoms with Crippen molar-refractivity contribution >= 4 is 10.9 Å². The van der Waals surface area contributed by atoms with Crippen LogP contribution in [0, 0.1) is 20.8 Å². The molecule has 122 valence electrons. The maximum absolute atomic E-state index is 3.71. The van der Waals surface area contributed by atoms with Gasteiger partial charge in [0, 0.05) is 22.4 Å². The van der Waals surface area contributed by atoms with E-state index >= 15 is 0 Å². The quantitative estimate of drug-likeness (QED) is 0.375. The number of rotatable bonds is 1. The van der Waals surface area contributed by atoms with Crippen molar-refractivity contribution in [1.82, 2.24) is 4.98 Å². The average Bonchev–Trinajstić information content (AvgIpc) is 3.14. The first kappa shape index (κ1) is 14.5. The van der Waals surface area contributed by atoms with E-state index < -0.39 is 0 Å². The van der Waals surface area contributed by atoms with E-state index in [9.17, 15) is 0 Å². The second-order valence-corrected chi connectivity index (χ2v) is 7.29. The van der Waals surface area contributed by atoms with Gasteiger partial charge in [-0.2, -0.15) is 0 Å². The van der Waals surface area contributed by atoms with Crippen molar-refractivity contribution in [3.63, 3.8) is 0 Å². The van der Waals surface area contributed by atoms with Gasteiger partial charge in [-0.3, -0.25) is 0 Å². The van der Waals surface area contributed by atoms with Crippen LogP contribution in [0.5, 0.6) is 0 Å². The molecular weight excluding hydrogens is 302 g/mol. The number of benzene rings is 3. The predicted octanol–water partition coefficient (Wildman–Crippen LogP) is 6.25. The zero-order valence-corrected chi connectivity index (χ0v) is 14.9. The molecule has 0 radical (unpaired) electrons. The molecule has 1 aliphatic rings. The Morgan fingerprint density at radius 2 is 1.44 bits per heavy atom. The van der Waals surface area contributed by atoms with E-state index in [1.54, 1.807) is 0 Å². The zero-order valence-electron chi connectivity index (χ0n) is 14.9. The highest BCUT2D eigenvalue weighted by atomic mass is 14.7. The summed E-state index contributed by atoms with van der Waals surface area (Å²) in [5.74, 6) is 0.307. The lowest BCUT2D eigenvalue weighted by atomic mass is 9.85. The predicted molar refractivity (Wildman–Crippen MR) is 105 cm³/mol. The summed E-state index contributed by atoms with van der Waals surface area (Å²) >= 11 is 0. The van der Waals surface area contributed by atoms with Crippen LogP contribution in [0.1, 0.15) is 39.3 Å². The van der Waals surface area contributed by atoms with Crippen LogP contribution in [0.4, 0.5) is 0 Å². The van der Waals surface area contributed by atoms with Crippen LogP contribution in [0.15, 0.2) is 60.7 Å². The molecule has 1 heteroatoms. The number of aromatic amines is 1. The highest BCUT2D eigenvalue weighted by molar-refractivity contribution is 5.97. The summed E-state index contributed by atoms with van der Waals surface area (Å²) in [4.78, 5) is 3.71. The van der Waals surface area contributed by atoms with Crippen molar-refractivity contribution in [2.75, 3.05) is 0 Å². The molecule has 0 amide bonds. The SMILES string of the molecule is Cc1ccc(C2c3c(C)ccc(C)c3-c3[nH]c4ccccc4c32)cc1. The highest BCUT2D eigenvalue weighted by Crippen LogP contribution is 2.52. The lowest BCUT2D eigenvalue weighted by Gasteiger charge is -2.18. The molecule has 5 rings (SSSR count). The molecule has 0 saturated carbocycles. The number of aryl methyl sites for hydroxylation is 3. The lowest BCUT2D eigenvalue weighted by molar-refractivity contribution is 1.01. The van der Waals surface area contributed by atoms with E-state index in [4.69, 9.17) is 0 Å². The fraction of sp³-hybridized carbons (Fsp3) is 0.167. The minimum atomic E-state index is 0.307. The Bertz CT molecular complexity index is 1110. The first-order valence-electron chi connectivity index (χ1n) is 8.93. The molecule has 1 atom stereocenters. The van der Waals surface area contributed by atoms with E-state index in [0.29, 0.717) is 5.92 Å². The number of hydrogen-bond donors (Lipinski definition) is 1. The molecule has 1 N–H and O–H groups in total. The Kier molecular flexibility index (Phi) is 2.96. The number of nitrogens with one attached hydrogen (secondary N) is 1. The van der Waals surface area contributed by atoms with Crippen molar-refractivity contribution in [2.45, 2.75) is 26.7 Å². The van der Waals surface area contributed by atoms with Gasteiger partial charge in [0.2, 0.25) is 0 Å². The molecule has 0 bridgehead atoms. The van der Waals surface area contributed by atoms with Gasteiger partial charge < -0.3 is 4.98 Å². The summed E-state index contributed by atoms with van der Waals surface area (Å²) in [6.45, 7) is 6.62. The minimum Gasteiger partial charge on any atom is -0.354 e. The fourth-order valence-electron chi connectivity index (χ4n) is 4.43. The zero-order chi connectivity index (χ0) is 17.1. The molecule has 0 saturated heterocycles. The Morgan fingerprint density at radius 1 is 0.720 bits per heavy atom. The maximum atomic E-state index is 3.71. The highest BCUT2D eigenvalue weighted by Gasteiger charge is 2.35. The second-order valence-electron chi connectivity index (χ2n) is 7.29. The Balaban J connectivity index is 1.91. The van der Waals surface area contributed by atoms with E-state index in [1.807, 2.05) is 0 Å². The van der Waals surface area contributed by atoms with Crippen molar-refractivity contribution < 1.29 is 0 Å². The van der Waals surface area contributed by atoms with Crippen molar-refractivity contribution in [3.8, 4) is 11.3 Å². The Labute approximate surface area is 148 Å². The molecule has 1 heterocycles. The molecular formula is C24H21N. The topological polar surface area (TPSA) is 15.8 Å². The van der Waals surface area contributed by atoms with Gasteiger partial charge in [-0.25, -0.2) is 0 Å². The maximum Gasteiger partial charge on any atom is 0.0513 e. The second kappa shape index (κ2) is 5.10. The molecule has 3 aromatic carbocycles. The first-order chi connectivity index (χ1) is 12.1. The van der Waals surface area contributed by atoms with Crippen LogP contribution in [-0.4, -0.2) is 4.98 Å². The van der Waals surface area contributed by atoms with E-state index in [-0.39, 0.29) is 0 Å². The van der Waals surface area contributed by atoms with Crippen LogP contribution in [0.2, 0.25) is 0 Å². The summed E-state index contributed by atoms with van der Waals surface area (Å²) in [5.41, 5.74) is 12.3. The van der Waals surface area contributed by atoms with Crippen molar-refractivity contribution in [1.29, 1.82) is 0 Å². The van der Waals surface area contributed by atoms with Crippen molar-refractivity contribution in [3.05, 3.63) is 94.0 Å². The van der Waals surface area contributed by atoms with Crippen LogP contribution in [0.3, 0.4) is 0 Å².